The maximum atomic E-state index is 9.93. The third-order valence-corrected chi connectivity index (χ3v) is 2.09. The minimum atomic E-state index is -4.88. The zero-order chi connectivity index (χ0) is 7.71. The van der Waals surface area contributed by atoms with Gasteiger partial charge in [-0.1, -0.05) is 0 Å². The van der Waals surface area contributed by atoms with E-state index in [1.807, 2.05) is 0 Å². The van der Waals surface area contributed by atoms with Crippen LogP contribution in [-0.4, -0.2) is 43.3 Å². The third kappa shape index (κ3) is 11.5. The molecule has 0 radical (unpaired) electrons. The fourth-order valence-electron chi connectivity index (χ4n) is 0.176. The number of hydrogen-bond donors (Lipinski definition) is 2. The molecule has 0 heterocycles. The molecule has 0 saturated heterocycles. The van der Waals surface area contributed by atoms with Gasteiger partial charge in [-0.25, -0.2) is 4.57 Å². The molecule has 0 spiro atoms. The molecule has 0 aromatic heterocycles. The first-order chi connectivity index (χ1) is 3.71. The van der Waals surface area contributed by atoms with Gasteiger partial charge in [0.2, 0.25) is 0 Å². The Morgan fingerprint density at radius 2 is 1.70 bits per heavy atom. The van der Waals surface area contributed by atoms with Crippen molar-refractivity contribution < 1.29 is 26.7 Å². The van der Waals surface area contributed by atoms with E-state index in [0.29, 0.717) is 6.26 Å². The van der Waals surface area contributed by atoms with E-state index in [1.54, 1.807) is 0 Å². The maximum absolute atomic E-state index is 9.93. The summed E-state index contributed by atoms with van der Waals surface area (Å²) in [5.41, 5.74) is 0. The van der Waals surface area contributed by atoms with Crippen LogP contribution in [0.5, 0.6) is 0 Å². The molecule has 9 heteroatoms. The number of hydrogen-bond acceptors (Lipinski definition) is 4. The van der Waals surface area contributed by atoms with Crippen LogP contribution < -0.4 is 0 Å². The molecule has 0 aromatic carbocycles. The van der Waals surface area contributed by atoms with Crippen molar-refractivity contribution in [1.82, 2.24) is 0 Å². The Kier molecular flexibility index (Phi) is 5.15. The van der Waals surface area contributed by atoms with Crippen molar-refractivity contribution in [3.05, 3.63) is 0 Å². The van der Waals surface area contributed by atoms with Gasteiger partial charge in [0, 0.05) is 0 Å². The molecule has 2 N–H and O–H groups in total. The predicted octanol–water partition coefficient (Wildman–Crippen LogP) is -1.59. The Bertz CT molecular complexity index is 224. The van der Waals surface area contributed by atoms with E-state index in [1.165, 1.54) is 0 Å². The second-order valence-electron chi connectivity index (χ2n) is 1.27. The molecule has 0 atom stereocenters. The summed E-state index contributed by atoms with van der Waals surface area (Å²) in [6.07, 6.45) is 0.548. The standard InChI is InChI=1S/CH5O6PS.Li.H/c1-9(5,6)7-8(2,3)4;;/h1H3,(H2,2,3,4);;. The first-order valence-electron chi connectivity index (χ1n) is 1.67. The molecule has 6 nitrogen and oxygen atoms in total. The topological polar surface area (TPSA) is 101 Å². The van der Waals surface area contributed by atoms with Gasteiger partial charge < -0.3 is 9.79 Å². The van der Waals surface area contributed by atoms with Gasteiger partial charge in [0.25, 0.3) is 10.1 Å². The number of phosphoric acid groups is 1. The van der Waals surface area contributed by atoms with Gasteiger partial charge >= 0.3 is 26.7 Å². The van der Waals surface area contributed by atoms with Gasteiger partial charge in [0.15, 0.2) is 0 Å². The summed E-state index contributed by atoms with van der Waals surface area (Å²) in [5.74, 6) is 0. The Morgan fingerprint density at radius 1 is 1.40 bits per heavy atom. The van der Waals surface area contributed by atoms with Crippen LogP contribution >= 0.6 is 7.82 Å². The average molecular weight is 184 g/mol. The number of rotatable bonds is 2. The van der Waals surface area contributed by atoms with Crippen molar-refractivity contribution in [2.24, 2.45) is 0 Å². The first kappa shape index (κ1) is 13.3. The second-order valence-corrected chi connectivity index (χ2v) is 4.25. The summed E-state index contributed by atoms with van der Waals surface area (Å²) < 4.78 is 32.9. The summed E-state index contributed by atoms with van der Waals surface area (Å²) in [7, 11) is -8.92. The van der Waals surface area contributed by atoms with Crippen LogP contribution in [0.25, 0.3) is 0 Å². The van der Waals surface area contributed by atoms with Crippen molar-refractivity contribution in [1.29, 1.82) is 0 Å². The van der Waals surface area contributed by atoms with Crippen LogP contribution in [0.15, 0.2) is 0 Å². The average Bonchev–Trinajstić information content (AvgIpc) is 1.14. The fourth-order valence-corrected chi connectivity index (χ4v) is 1.59. The molecule has 0 aliphatic rings. The Balaban J connectivity index is 0. The first-order valence-corrected chi connectivity index (χ1v) is 5.02. The summed E-state index contributed by atoms with van der Waals surface area (Å²) in [4.78, 5) is 15.7. The SMILES string of the molecule is CS(=O)(=O)OP(=O)(O)O.[LiH]. The molecule has 0 unspecified atom stereocenters. The van der Waals surface area contributed by atoms with Crippen molar-refractivity contribution in [2.45, 2.75) is 0 Å². The van der Waals surface area contributed by atoms with Gasteiger partial charge in [0.1, 0.15) is 0 Å². The van der Waals surface area contributed by atoms with E-state index in [9.17, 15) is 13.0 Å². The normalized spacial score (nSPS) is 12.3. The van der Waals surface area contributed by atoms with Crippen molar-refractivity contribution in [3.63, 3.8) is 0 Å². The Hall–Kier alpha value is 0.657. The van der Waals surface area contributed by atoms with E-state index in [-0.39, 0.29) is 18.9 Å². The summed E-state index contributed by atoms with van der Waals surface area (Å²) in [6, 6.07) is 0. The van der Waals surface area contributed by atoms with Gasteiger partial charge in [0.05, 0.1) is 6.26 Å². The van der Waals surface area contributed by atoms with Crippen LogP contribution in [-0.2, 0) is 18.7 Å². The van der Waals surface area contributed by atoms with E-state index in [2.05, 4.69) is 3.97 Å². The molecule has 0 amide bonds. The Morgan fingerprint density at radius 3 is 1.70 bits per heavy atom. The van der Waals surface area contributed by atoms with E-state index in [0.717, 1.165) is 0 Å². The minimum absolute atomic E-state index is 0. The zero-order valence-electron chi connectivity index (χ0n) is 4.38. The molecule has 0 aliphatic heterocycles. The van der Waals surface area contributed by atoms with E-state index in [4.69, 9.17) is 9.79 Å². The van der Waals surface area contributed by atoms with Crippen LogP contribution in [0.4, 0.5) is 0 Å². The molecule has 0 fully saturated rings. The van der Waals surface area contributed by atoms with Crippen molar-refractivity contribution >= 4 is 36.8 Å². The van der Waals surface area contributed by atoms with Crippen LogP contribution in [0.1, 0.15) is 0 Å². The Labute approximate surface area is 70.1 Å². The van der Waals surface area contributed by atoms with Crippen molar-refractivity contribution in [3.8, 4) is 0 Å². The molecule has 0 rings (SSSR count). The molecular weight excluding hydrogens is 178 g/mol. The molecule has 58 valence electrons. The quantitative estimate of drug-likeness (QED) is 0.396. The van der Waals surface area contributed by atoms with Crippen LogP contribution in [0, 0.1) is 0 Å². The zero-order valence-corrected chi connectivity index (χ0v) is 6.09. The van der Waals surface area contributed by atoms with Crippen molar-refractivity contribution in [2.75, 3.05) is 6.26 Å². The van der Waals surface area contributed by atoms with E-state index < -0.39 is 17.9 Å². The van der Waals surface area contributed by atoms with Gasteiger partial charge in [-0.2, -0.15) is 12.4 Å². The second kappa shape index (κ2) is 3.88. The molecule has 10 heavy (non-hydrogen) atoms. The monoisotopic (exact) mass is 184 g/mol. The molecule has 0 aromatic rings. The molecule has 0 aliphatic carbocycles. The summed E-state index contributed by atoms with van der Waals surface area (Å²) in [5, 5.41) is 0. The molecular formula is CH6LiO6PS. The molecule has 0 saturated carbocycles. The third-order valence-electron chi connectivity index (χ3n) is 0.232. The van der Waals surface area contributed by atoms with Crippen LogP contribution in [0.2, 0.25) is 0 Å². The van der Waals surface area contributed by atoms with E-state index >= 15 is 0 Å². The molecule has 0 bridgehead atoms. The predicted molar refractivity (Wildman–Crippen MR) is 35.1 cm³/mol. The van der Waals surface area contributed by atoms with Gasteiger partial charge in [-0.3, -0.25) is 0 Å². The van der Waals surface area contributed by atoms with Crippen LogP contribution in [0.3, 0.4) is 0 Å². The summed E-state index contributed by atoms with van der Waals surface area (Å²) >= 11 is 0. The fraction of sp³-hybridized carbons (Fsp3) is 1.00. The van der Waals surface area contributed by atoms with Gasteiger partial charge in [-0.15, -0.1) is 0 Å². The summed E-state index contributed by atoms with van der Waals surface area (Å²) in [6.45, 7) is 0. The van der Waals surface area contributed by atoms with Gasteiger partial charge in [-0.05, 0) is 0 Å².